The molecule has 1 aliphatic rings. The third-order valence-corrected chi connectivity index (χ3v) is 3.16. The minimum atomic E-state index is -0.839. The second-order valence-electron chi connectivity index (χ2n) is 5.10. The van der Waals surface area contributed by atoms with E-state index in [2.05, 4.69) is 18.7 Å². The third kappa shape index (κ3) is 5.17. The molecule has 0 spiro atoms. The standard InChI is InChI=1S/C12H21NO3.C2H6/c1-8(2)6-13-5-4-10(9(3)14)11(7-13)12(15)16;1-2/h8,10-11H,4-7H2,1-3H3,(H,15,16);1-2H3. The summed E-state index contributed by atoms with van der Waals surface area (Å²) >= 11 is 0. The summed E-state index contributed by atoms with van der Waals surface area (Å²) in [4.78, 5) is 24.6. The quantitative estimate of drug-likeness (QED) is 0.839. The molecule has 0 aromatic carbocycles. The molecule has 106 valence electrons. The van der Waals surface area contributed by atoms with E-state index in [1.807, 2.05) is 13.8 Å². The number of likely N-dealkylation sites (tertiary alicyclic amines) is 1. The summed E-state index contributed by atoms with van der Waals surface area (Å²) in [6.07, 6.45) is 0.680. The Hall–Kier alpha value is -0.900. The normalized spacial score (nSPS) is 24.3. The molecule has 1 rings (SSSR count). The van der Waals surface area contributed by atoms with Crippen LogP contribution < -0.4 is 0 Å². The highest BCUT2D eigenvalue weighted by Gasteiger charge is 2.36. The second kappa shape index (κ2) is 8.25. The van der Waals surface area contributed by atoms with Crippen molar-refractivity contribution in [3.63, 3.8) is 0 Å². The van der Waals surface area contributed by atoms with Crippen LogP contribution in [0.1, 0.15) is 41.0 Å². The molecule has 0 aliphatic carbocycles. The number of Topliss-reactive ketones (excluding diaryl/α,β-unsaturated/α-hetero) is 1. The topological polar surface area (TPSA) is 57.6 Å². The number of carboxylic acid groups (broad SMARTS) is 1. The van der Waals surface area contributed by atoms with E-state index in [1.54, 1.807) is 0 Å². The fourth-order valence-corrected chi connectivity index (χ4v) is 2.44. The number of carbonyl (C=O) groups excluding carboxylic acids is 1. The van der Waals surface area contributed by atoms with Crippen LogP contribution in [0.2, 0.25) is 0 Å². The average Bonchev–Trinajstić information content (AvgIpc) is 2.30. The molecule has 1 fully saturated rings. The van der Waals surface area contributed by atoms with Gasteiger partial charge in [-0.05, 0) is 25.8 Å². The molecular formula is C14H27NO3. The van der Waals surface area contributed by atoms with Gasteiger partial charge in [0.1, 0.15) is 5.78 Å². The van der Waals surface area contributed by atoms with Crippen molar-refractivity contribution >= 4 is 11.8 Å². The van der Waals surface area contributed by atoms with Crippen LogP contribution >= 0.6 is 0 Å². The molecule has 0 amide bonds. The molecule has 1 saturated heterocycles. The van der Waals surface area contributed by atoms with Crippen molar-refractivity contribution in [2.75, 3.05) is 19.6 Å². The fourth-order valence-electron chi connectivity index (χ4n) is 2.44. The van der Waals surface area contributed by atoms with E-state index >= 15 is 0 Å². The van der Waals surface area contributed by atoms with Crippen LogP contribution in [0.3, 0.4) is 0 Å². The molecule has 2 atom stereocenters. The summed E-state index contributed by atoms with van der Waals surface area (Å²) < 4.78 is 0. The number of carboxylic acids is 1. The number of hydrogen-bond acceptors (Lipinski definition) is 3. The van der Waals surface area contributed by atoms with Crippen molar-refractivity contribution in [3.8, 4) is 0 Å². The zero-order valence-corrected chi connectivity index (χ0v) is 12.3. The van der Waals surface area contributed by atoms with Gasteiger partial charge in [0.2, 0.25) is 0 Å². The maximum Gasteiger partial charge on any atom is 0.308 e. The first-order valence-electron chi connectivity index (χ1n) is 6.87. The van der Waals surface area contributed by atoms with Gasteiger partial charge in [-0.2, -0.15) is 0 Å². The zero-order valence-electron chi connectivity index (χ0n) is 12.3. The van der Waals surface area contributed by atoms with E-state index in [9.17, 15) is 9.59 Å². The first-order valence-corrected chi connectivity index (χ1v) is 6.87. The van der Waals surface area contributed by atoms with Crippen LogP contribution in [0.5, 0.6) is 0 Å². The molecule has 4 heteroatoms. The number of aliphatic carboxylic acids is 1. The van der Waals surface area contributed by atoms with Crippen LogP contribution in [-0.4, -0.2) is 41.4 Å². The molecule has 0 aromatic rings. The third-order valence-electron chi connectivity index (χ3n) is 3.16. The molecule has 0 aromatic heterocycles. The van der Waals surface area contributed by atoms with Crippen LogP contribution in [0.25, 0.3) is 0 Å². The highest BCUT2D eigenvalue weighted by molar-refractivity contribution is 5.84. The lowest BCUT2D eigenvalue weighted by molar-refractivity contribution is -0.149. The largest absolute Gasteiger partial charge is 0.481 e. The number of rotatable bonds is 4. The van der Waals surface area contributed by atoms with Gasteiger partial charge in [0.25, 0.3) is 0 Å². The predicted octanol–water partition coefficient (Wildman–Crippen LogP) is 2.28. The SMILES string of the molecule is CC.CC(=O)C1CCN(CC(C)C)CC1C(=O)O. The van der Waals surface area contributed by atoms with E-state index < -0.39 is 11.9 Å². The number of nitrogens with zero attached hydrogens (tertiary/aromatic N) is 1. The van der Waals surface area contributed by atoms with E-state index in [4.69, 9.17) is 5.11 Å². The minimum absolute atomic E-state index is 0.0107. The van der Waals surface area contributed by atoms with E-state index in [0.717, 1.165) is 13.1 Å². The van der Waals surface area contributed by atoms with E-state index in [0.29, 0.717) is 18.9 Å². The summed E-state index contributed by atoms with van der Waals surface area (Å²) in [6, 6.07) is 0. The highest BCUT2D eigenvalue weighted by atomic mass is 16.4. The van der Waals surface area contributed by atoms with Crippen LogP contribution in [0, 0.1) is 17.8 Å². The molecule has 1 N–H and O–H groups in total. The molecule has 0 radical (unpaired) electrons. The summed E-state index contributed by atoms with van der Waals surface area (Å²) in [6.45, 7) is 12.0. The molecule has 1 heterocycles. The highest BCUT2D eigenvalue weighted by Crippen LogP contribution is 2.25. The van der Waals surface area contributed by atoms with Gasteiger partial charge in [-0.25, -0.2) is 0 Å². The van der Waals surface area contributed by atoms with E-state index in [1.165, 1.54) is 6.92 Å². The minimum Gasteiger partial charge on any atom is -0.481 e. The molecule has 18 heavy (non-hydrogen) atoms. The molecule has 0 saturated carbocycles. The van der Waals surface area contributed by atoms with Gasteiger partial charge in [0.15, 0.2) is 0 Å². The fraction of sp³-hybridized carbons (Fsp3) is 0.857. The maximum atomic E-state index is 11.4. The Balaban J connectivity index is 0.00000137. The van der Waals surface area contributed by atoms with Crippen molar-refractivity contribution in [2.24, 2.45) is 17.8 Å². The van der Waals surface area contributed by atoms with Gasteiger partial charge in [-0.15, -0.1) is 0 Å². The molecule has 4 nitrogen and oxygen atoms in total. The Kier molecular flexibility index (Phi) is 7.83. The van der Waals surface area contributed by atoms with Crippen molar-refractivity contribution in [3.05, 3.63) is 0 Å². The lowest BCUT2D eigenvalue weighted by atomic mass is 9.82. The summed E-state index contributed by atoms with van der Waals surface area (Å²) in [5.41, 5.74) is 0. The van der Waals surface area contributed by atoms with Gasteiger partial charge in [0, 0.05) is 19.0 Å². The molecule has 0 bridgehead atoms. The van der Waals surface area contributed by atoms with Crippen molar-refractivity contribution in [1.29, 1.82) is 0 Å². The molecular weight excluding hydrogens is 230 g/mol. The van der Waals surface area contributed by atoms with Crippen LogP contribution in [-0.2, 0) is 9.59 Å². The van der Waals surface area contributed by atoms with Gasteiger partial charge < -0.3 is 10.0 Å². The smallest absolute Gasteiger partial charge is 0.308 e. The van der Waals surface area contributed by atoms with Gasteiger partial charge in [-0.3, -0.25) is 9.59 Å². The Bertz CT molecular complexity index is 276. The monoisotopic (exact) mass is 257 g/mol. The van der Waals surface area contributed by atoms with Crippen molar-refractivity contribution in [1.82, 2.24) is 4.90 Å². The lowest BCUT2D eigenvalue weighted by Crippen LogP contribution is -2.47. The zero-order chi connectivity index (χ0) is 14.3. The predicted molar refractivity (Wildman–Crippen MR) is 72.5 cm³/mol. The van der Waals surface area contributed by atoms with Crippen molar-refractivity contribution < 1.29 is 14.7 Å². The number of carbonyl (C=O) groups is 2. The summed E-state index contributed by atoms with van der Waals surface area (Å²) in [5.74, 6) is -1.11. The summed E-state index contributed by atoms with van der Waals surface area (Å²) in [7, 11) is 0. The van der Waals surface area contributed by atoms with Crippen LogP contribution in [0.15, 0.2) is 0 Å². The Morgan fingerprint density at radius 2 is 1.83 bits per heavy atom. The molecule has 1 aliphatic heterocycles. The molecule has 2 unspecified atom stereocenters. The number of ketones is 1. The number of piperidine rings is 1. The van der Waals surface area contributed by atoms with Crippen LogP contribution in [0.4, 0.5) is 0 Å². The summed E-state index contributed by atoms with van der Waals surface area (Å²) in [5, 5.41) is 9.13. The number of hydrogen-bond donors (Lipinski definition) is 1. The van der Waals surface area contributed by atoms with E-state index in [-0.39, 0.29) is 11.7 Å². The van der Waals surface area contributed by atoms with Gasteiger partial charge in [-0.1, -0.05) is 27.7 Å². The average molecular weight is 257 g/mol. The Labute approximate surface area is 110 Å². The lowest BCUT2D eigenvalue weighted by Gasteiger charge is -2.36. The Morgan fingerprint density at radius 3 is 2.22 bits per heavy atom. The Morgan fingerprint density at radius 1 is 1.28 bits per heavy atom. The first kappa shape index (κ1) is 17.1. The maximum absolute atomic E-state index is 11.4. The first-order chi connectivity index (χ1) is 8.41. The second-order valence-corrected chi connectivity index (χ2v) is 5.10. The van der Waals surface area contributed by atoms with Crippen molar-refractivity contribution in [2.45, 2.75) is 41.0 Å². The van der Waals surface area contributed by atoms with Gasteiger partial charge in [0.05, 0.1) is 5.92 Å². The van der Waals surface area contributed by atoms with Gasteiger partial charge >= 0.3 is 5.97 Å².